The molecule has 1 unspecified atom stereocenters. The molecule has 0 bridgehead atoms. The SMILES string of the molecule is COc1ccc2sc(C(=O)N3CCCC3CCCO)c(C)c2c1. The number of benzene rings is 1. The lowest BCUT2D eigenvalue weighted by Gasteiger charge is -2.24. The molecule has 3 rings (SSSR count). The van der Waals surface area contributed by atoms with E-state index >= 15 is 0 Å². The first-order chi connectivity index (χ1) is 11.2. The van der Waals surface area contributed by atoms with Gasteiger partial charge in [0, 0.05) is 23.9 Å². The number of rotatable bonds is 5. The maximum absolute atomic E-state index is 13.0. The number of methoxy groups -OCH3 is 1. The summed E-state index contributed by atoms with van der Waals surface area (Å²) in [7, 11) is 1.66. The van der Waals surface area contributed by atoms with Crippen molar-refractivity contribution in [1.29, 1.82) is 0 Å². The third kappa shape index (κ3) is 3.08. The standard InChI is InChI=1S/C18H23NO3S/c1-12-15-11-14(22-2)7-8-16(15)23-17(12)18(21)19-9-3-5-13(19)6-4-10-20/h7-8,11,13,20H,3-6,9-10H2,1-2H3. The lowest BCUT2D eigenvalue weighted by Crippen LogP contribution is -2.35. The number of amides is 1. The van der Waals surface area contributed by atoms with Gasteiger partial charge in [0.1, 0.15) is 5.75 Å². The molecule has 0 saturated carbocycles. The molecule has 1 saturated heterocycles. The van der Waals surface area contributed by atoms with Gasteiger partial charge >= 0.3 is 0 Å². The summed E-state index contributed by atoms with van der Waals surface area (Å²) in [6, 6.07) is 6.24. The van der Waals surface area contributed by atoms with Crippen molar-refractivity contribution in [2.24, 2.45) is 0 Å². The molecule has 1 aromatic carbocycles. The monoisotopic (exact) mass is 333 g/mol. The van der Waals surface area contributed by atoms with Gasteiger partial charge in [-0.25, -0.2) is 0 Å². The number of ether oxygens (including phenoxy) is 1. The van der Waals surface area contributed by atoms with Crippen LogP contribution in [0.4, 0.5) is 0 Å². The van der Waals surface area contributed by atoms with E-state index in [1.165, 1.54) is 0 Å². The highest BCUT2D eigenvalue weighted by molar-refractivity contribution is 7.21. The van der Waals surface area contributed by atoms with Crippen LogP contribution in [0.1, 0.15) is 40.9 Å². The quantitative estimate of drug-likeness (QED) is 0.909. The van der Waals surface area contributed by atoms with Gasteiger partial charge in [-0.1, -0.05) is 0 Å². The molecule has 1 aliphatic heterocycles. The summed E-state index contributed by atoms with van der Waals surface area (Å²) >= 11 is 1.57. The van der Waals surface area contributed by atoms with Gasteiger partial charge < -0.3 is 14.7 Å². The summed E-state index contributed by atoms with van der Waals surface area (Å²) in [5.41, 5.74) is 1.04. The van der Waals surface area contributed by atoms with E-state index in [2.05, 4.69) is 0 Å². The molecule has 1 aliphatic rings. The third-order valence-electron chi connectivity index (χ3n) is 4.67. The Morgan fingerprint density at radius 3 is 3.04 bits per heavy atom. The number of nitrogens with zero attached hydrogens (tertiary/aromatic N) is 1. The van der Waals surface area contributed by atoms with Crippen molar-refractivity contribution < 1.29 is 14.6 Å². The van der Waals surface area contributed by atoms with Crippen molar-refractivity contribution in [3.63, 3.8) is 0 Å². The number of aliphatic hydroxyl groups is 1. The van der Waals surface area contributed by atoms with Crippen LogP contribution in [0.15, 0.2) is 18.2 Å². The molecule has 2 aromatic rings. The normalized spacial score (nSPS) is 17.9. The minimum Gasteiger partial charge on any atom is -0.497 e. The lowest BCUT2D eigenvalue weighted by atomic mass is 10.1. The maximum Gasteiger partial charge on any atom is 0.264 e. The zero-order valence-electron chi connectivity index (χ0n) is 13.7. The van der Waals surface area contributed by atoms with Gasteiger partial charge in [-0.3, -0.25) is 4.79 Å². The highest BCUT2D eigenvalue weighted by atomic mass is 32.1. The summed E-state index contributed by atoms with van der Waals surface area (Å²) < 4.78 is 6.42. The van der Waals surface area contributed by atoms with Gasteiger partial charge in [0.2, 0.25) is 0 Å². The molecule has 1 amide bonds. The Morgan fingerprint density at radius 1 is 1.48 bits per heavy atom. The molecule has 124 valence electrons. The van der Waals surface area contributed by atoms with E-state index in [1.54, 1.807) is 18.4 Å². The van der Waals surface area contributed by atoms with Crippen LogP contribution in [0.3, 0.4) is 0 Å². The molecule has 23 heavy (non-hydrogen) atoms. The van der Waals surface area contributed by atoms with Crippen LogP contribution >= 0.6 is 11.3 Å². The fraction of sp³-hybridized carbons (Fsp3) is 0.500. The van der Waals surface area contributed by atoms with Gasteiger partial charge in [0.25, 0.3) is 5.91 Å². The molecule has 0 spiro atoms. The molecule has 1 aromatic heterocycles. The van der Waals surface area contributed by atoms with Gasteiger partial charge in [0.05, 0.1) is 12.0 Å². The zero-order valence-corrected chi connectivity index (χ0v) is 14.5. The molecule has 0 radical (unpaired) electrons. The predicted octanol–water partition coefficient (Wildman–Crippen LogP) is 3.60. The minimum atomic E-state index is 0.142. The van der Waals surface area contributed by atoms with Crippen molar-refractivity contribution in [2.45, 2.75) is 38.6 Å². The average Bonchev–Trinajstić information content (AvgIpc) is 3.17. The number of aryl methyl sites for hydroxylation is 1. The van der Waals surface area contributed by atoms with Gasteiger partial charge in [-0.2, -0.15) is 0 Å². The Morgan fingerprint density at radius 2 is 2.30 bits per heavy atom. The van der Waals surface area contributed by atoms with E-state index in [4.69, 9.17) is 9.84 Å². The van der Waals surface area contributed by atoms with E-state index in [9.17, 15) is 4.79 Å². The molecular weight excluding hydrogens is 310 g/mol. The van der Waals surface area contributed by atoms with E-state index in [0.29, 0.717) is 0 Å². The Kier molecular flexibility index (Phi) is 4.87. The molecule has 1 fully saturated rings. The van der Waals surface area contributed by atoms with Crippen LogP contribution in [-0.2, 0) is 0 Å². The first-order valence-corrected chi connectivity index (χ1v) is 8.96. The van der Waals surface area contributed by atoms with Crippen LogP contribution in [0, 0.1) is 6.92 Å². The van der Waals surface area contributed by atoms with Crippen molar-refractivity contribution in [1.82, 2.24) is 4.90 Å². The largest absolute Gasteiger partial charge is 0.497 e. The van der Waals surface area contributed by atoms with Crippen molar-refractivity contribution in [3.05, 3.63) is 28.6 Å². The van der Waals surface area contributed by atoms with Crippen molar-refractivity contribution >= 4 is 27.3 Å². The molecule has 0 aliphatic carbocycles. The number of hydrogen-bond acceptors (Lipinski definition) is 4. The van der Waals surface area contributed by atoms with Crippen molar-refractivity contribution in [2.75, 3.05) is 20.3 Å². The number of carbonyl (C=O) groups excluding carboxylic acids is 1. The van der Waals surface area contributed by atoms with Gasteiger partial charge in [0.15, 0.2) is 0 Å². The third-order valence-corrected chi connectivity index (χ3v) is 5.93. The Balaban J connectivity index is 1.90. The summed E-state index contributed by atoms with van der Waals surface area (Å²) in [6.07, 6.45) is 3.75. The minimum absolute atomic E-state index is 0.142. The first kappa shape index (κ1) is 16.3. The van der Waals surface area contributed by atoms with Crippen LogP contribution in [0.5, 0.6) is 5.75 Å². The summed E-state index contributed by atoms with van der Waals surface area (Å²) in [4.78, 5) is 15.8. The number of carbonyl (C=O) groups is 1. The van der Waals surface area contributed by atoms with Gasteiger partial charge in [-0.15, -0.1) is 11.3 Å². The predicted molar refractivity (Wildman–Crippen MR) is 93.5 cm³/mol. The average molecular weight is 333 g/mol. The summed E-state index contributed by atoms with van der Waals surface area (Å²) in [5, 5.41) is 10.1. The maximum atomic E-state index is 13.0. The molecular formula is C18H23NO3S. The molecule has 2 heterocycles. The second-order valence-electron chi connectivity index (χ2n) is 6.08. The number of fused-ring (bicyclic) bond motifs is 1. The number of hydrogen-bond donors (Lipinski definition) is 1. The first-order valence-electron chi connectivity index (χ1n) is 8.14. The van der Waals surface area contributed by atoms with Crippen LogP contribution in [0.2, 0.25) is 0 Å². The fourth-order valence-corrected chi connectivity index (χ4v) is 4.54. The zero-order chi connectivity index (χ0) is 16.4. The molecule has 1 N–H and O–H groups in total. The van der Waals surface area contributed by atoms with Gasteiger partial charge in [-0.05, 0) is 61.8 Å². The number of thiophene rings is 1. The van der Waals surface area contributed by atoms with E-state index in [-0.39, 0.29) is 18.6 Å². The molecule has 5 heteroatoms. The van der Waals surface area contributed by atoms with Crippen LogP contribution < -0.4 is 4.74 Å². The van der Waals surface area contributed by atoms with E-state index < -0.39 is 0 Å². The number of aliphatic hydroxyl groups excluding tert-OH is 1. The fourth-order valence-electron chi connectivity index (χ4n) is 3.39. The highest BCUT2D eigenvalue weighted by Crippen LogP contribution is 2.35. The van der Waals surface area contributed by atoms with Crippen LogP contribution in [0.25, 0.3) is 10.1 Å². The Hall–Kier alpha value is -1.59. The summed E-state index contributed by atoms with van der Waals surface area (Å²) in [5.74, 6) is 0.961. The van der Waals surface area contributed by atoms with E-state index in [1.807, 2.05) is 30.0 Å². The van der Waals surface area contributed by atoms with E-state index in [0.717, 1.165) is 58.5 Å². The molecule has 1 atom stereocenters. The summed E-state index contributed by atoms with van der Waals surface area (Å²) in [6.45, 7) is 3.04. The van der Waals surface area contributed by atoms with Crippen LogP contribution in [-0.4, -0.2) is 42.2 Å². The Labute approximate surface area is 140 Å². The highest BCUT2D eigenvalue weighted by Gasteiger charge is 2.30. The van der Waals surface area contributed by atoms with Crippen molar-refractivity contribution in [3.8, 4) is 5.75 Å². The lowest BCUT2D eigenvalue weighted by molar-refractivity contribution is 0.0729. The number of likely N-dealkylation sites (tertiary alicyclic amines) is 1. The second kappa shape index (κ2) is 6.89. The topological polar surface area (TPSA) is 49.8 Å². The smallest absolute Gasteiger partial charge is 0.264 e. The Bertz CT molecular complexity index is 710. The molecule has 4 nitrogen and oxygen atoms in total. The second-order valence-corrected chi connectivity index (χ2v) is 7.13.